The monoisotopic (exact) mass is 426 g/mol. The van der Waals surface area contributed by atoms with Gasteiger partial charge in [-0.05, 0) is 63.1 Å². The molecule has 2 aromatic rings. The molecule has 1 saturated heterocycles. The van der Waals surface area contributed by atoms with Crippen LogP contribution in [0.5, 0.6) is 0 Å². The Morgan fingerprint density at radius 2 is 1.68 bits per heavy atom. The Balaban J connectivity index is 1.52. The number of hydrogen-bond donors (Lipinski definition) is 0. The summed E-state index contributed by atoms with van der Waals surface area (Å²) in [5.74, 6) is -1.63. The highest BCUT2D eigenvalue weighted by molar-refractivity contribution is 5.97. The fourth-order valence-corrected chi connectivity index (χ4v) is 3.71. The zero-order valence-electron chi connectivity index (χ0n) is 17.8. The molecule has 1 heterocycles. The second-order valence-corrected chi connectivity index (χ2v) is 7.57. The lowest BCUT2D eigenvalue weighted by molar-refractivity contribution is -0.159. The summed E-state index contributed by atoms with van der Waals surface area (Å²) in [4.78, 5) is 41.2. The summed E-state index contributed by atoms with van der Waals surface area (Å²) in [6, 6.07) is 14.7. The summed E-state index contributed by atoms with van der Waals surface area (Å²) in [6.45, 7) is 4.73. The highest BCUT2D eigenvalue weighted by Gasteiger charge is 2.32. The van der Waals surface area contributed by atoms with Crippen LogP contribution in [-0.2, 0) is 14.3 Å². The van der Waals surface area contributed by atoms with Crippen LogP contribution >= 0.6 is 0 Å². The summed E-state index contributed by atoms with van der Waals surface area (Å²) < 4.78 is 18.5. The molecule has 0 N–H and O–H groups in total. The van der Waals surface area contributed by atoms with Gasteiger partial charge in [0.1, 0.15) is 5.82 Å². The molecule has 164 valence electrons. The molecule has 6 nitrogen and oxygen atoms in total. The lowest BCUT2D eigenvalue weighted by Crippen LogP contribution is -2.43. The number of para-hydroxylation sites is 1. The highest BCUT2D eigenvalue weighted by atomic mass is 19.1. The summed E-state index contributed by atoms with van der Waals surface area (Å²) in [5, 5.41) is 0. The van der Waals surface area contributed by atoms with Crippen molar-refractivity contribution in [3.63, 3.8) is 0 Å². The average molecular weight is 426 g/mol. The molecule has 3 rings (SSSR count). The Hall–Kier alpha value is -3.22. The van der Waals surface area contributed by atoms with Crippen LogP contribution in [0.25, 0.3) is 0 Å². The van der Waals surface area contributed by atoms with Gasteiger partial charge in [0, 0.05) is 30.9 Å². The molecule has 1 aliphatic rings. The maximum Gasteiger partial charge on any atom is 0.309 e. The number of likely N-dealkylation sites (N-methyl/N-ethyl adjacent to an activating group) is 1. The molecule has 0 aliphatic carbocycles. The van der Waals surface area contributed by atoms with Crippen molar-refractivity contribution in [3.05, 3.63) is 66.0 Å². The molecule has 0 spiro atoms. The molecule has 1 fully saturated rings. The molecule has 1 aliphatic heterocycles. The number of carbonyl (C=O) groups excluding carboxylic acids is 3. The van der Waals surface area contributed by atoms with E-state index in [1.54, 1.807) is 16.7 Å². The van der Waals surface area contributed by atoms with Crippen LogP contribution in [-0.4, -0.2) is 48.4 Å². The number of ether oxygens (including phenoxy) is 1. The Morgan fingerprint density at radius 3 is 2.26 bits per heavy atom. The third kappa shape index (κ3) is 5.48. The normalized spacial score (nSPS) is 15.3. The average Bonchev–Trinajstić information content (AvgIpc) is 2.80. The van der Waals surface area contributed by atoms with E-state index in [4.69, 9.17) is 4.74 Å². The molecule has 2 aromatic carbocycles. The van der Waals surface area contributed by atoms with Crippen LogP contribution in [0.2, 0.25) is 0 Å². The predicted octanol–water partition coefficient (Wildman–Crippen LogP) is 3.66. The minimum atomic E-state index is -0.897. The first kappa shape index (κ1) is 22.5. The van der Waals surface area contributed by atoms with E-state index >= 15 is 0 Å². The van der Waals surface area contributed by atoms with E-state index in [0.29, 0.717) is 38.0 Å². The Kier molecular flexibility index (Phi) is 7.39. The molecule has 0 saturated carbocycles. The zero-order valence-corrected chi connectivity index (χ0v) is 17.8. The summed E-state index contributed by atoms with van der Waals surface area (Å²) in [7, 11) is 0. The third-order valence-electron chi connectivity index (χ3n) is 5.50. The van der Waals surface area contributed by atoms with Crippen LogP contribution < -0.4 is 4.90 Å². The number of carbonyl (C=O) groups is 3. The topological polar surface area (TPSA) is 66.9 Å². The maximum atomic E-state index is 13.1. The smallest absolute Gasteiger partial charge is 0.309 e. The molecule has 1 atom stereocenters. The van der Waals surface area contributed by atoms with Crippen molar-refractivity contribution < 1.29 is 23.5 Å². The van der Waals surface area contributed by atoms with Crippen molar-refractivity contribution in [1.82, 2.24) is 4.90 Å². The molecular weight excluding hydrogens is 399 g/mol. The largest absolute Gasteiger partial charge is 0.452 e. The fraction of sp³-hybridized carbons (Fsp3) is 0.375. The zero-order chi connectivity index (χ0) is 22.4. The van der Waals surface area contributed by atoms with E-state index in [9.17, 15) is 18.8 Å². The second kappa shape index (κ2) is 10.2. The van der Waals surface area contributed by atoms with E-state index in [-0.39, 0.29) is 17.7 Å². The molecule has 31 heavy (non-hydrogen) atoms. The number of hydrogen-bond acceptors (Lipinski definition) is 4. The molecule has 0 unspecified atom stereocenters. The number of benzene rings is 2. The minimum absolute atomic E-state index is 0.184. The first-order chi connectivity index (χ1) is 14.9. The summed E-state index contributed by atoms with van der Waals surface area (Å²) >= 11 is 0. The number of amides is 2. The molecule has 2 amide bonds. The van der Waals surface area contributed by atoms with Crippen molar-refractivity contribution in [2.75, 3.05) is 24.5 Å². The van der Waals surface area contributed by atoms with Crippen LogP contribution in [0.1, 0.15) is 37.0 Å². The third-order valence-corrected chi connectivity index (χ3v) is 5.50. The number of piperidine rings is 1. The number of rotatable bonds is 6. The number of likely N-dealkylation sites (tertiary alicyclic amines) is 1. The lowest BCUT2D eigenvalue weighted by Gasteiger charge is -2.32. The standard InChI is InChI=1S/C24H27FN2O4/c1-3-27(21-7-5-4-6-8-21)22(28)17(2)31-24(30)19-13-15-26(16-14-19)23(29)18-9-11-20(25)12-10-18/h4-12,17,19H,3,13-16H2,1-2H3/t17-/m0/s1. The summed E-state index contributed by atoms with van der Waals surface area (Å²) in [6.07, 6.45) is 0.0256. The predicted molar refractivity (Wildman–Crippen MR) is 115 cm³/mol. The first-order valence-electron chi connectivity index (χ1n) is 10.5. The van der Waals surface area contributed by atoms with Gasteiger partial charge in [0.2, 0.25) is 0 Å². The van der Waals surface area contributed by atoms with Crippen molar-refractivity contribution >= 4 is 23.5 Å². The number of halogens is 1. The molecule has 0 aromatic heterocycles. The highest BCUT2D eigenvalue weighted by Crippen LogP contribution is 2.22. The minimum Gasteiger partial charge on any atom is -0.452 e. The van der Waals surface area contributed by atoms with Gasteiger partial charge >= 0.3 is 5.97 Å². The van der Waals surface area contributed by atoms with E-state index < -0.39 is 17.9 Å². The maximum absolute atomic E-state index is 13.1. The lowest BCUT2D eigenvalue weighted by atomic mass is 9.96. The van der Waals surface area contributed by atoms with Gasteiger partial charge in [-0.2, -0.15) is 0 Å². The van der Waals surface area contributed by atoms with Crippen LogP contribution in [0, 0.1) is 11.7 Å². The van der Waals surface area contributed by atoms with E-state index in [1.165, 1.54) is 24.3 Å². The Bertz CT molecular complexity index is 909. The number of esters is 1. The van der Waals surface area contributed by atoms with Crippen molar-refractivity contribution in [2.45, 2.75) is 32.8 Å². The number of nitrogens with zero attached hydrogens (tertiary/aromatic N) is 2. The fourth-order valence-electron chi connectivity index (χ4n) is 3.71. The van der Waals surface area contributed by atoms with Crippen molar-refractivity contribution in [1.29, 1.82) is 0 Å². The van der Waals surface area contributed by atoms with Crippen molar-refractivity contribution in [3.8, 4) is 0 Å². The molecular formula is C24H27FN2O4. The van der Waals surface area contributed by atoms with Crippen LogP contribution in [0.15, 0.2) is 54.6 Å². The van der Waals surface area contributed by atoms with Gasteiger partial charge in [0.25, 0.3) is 11.8 Å². The van der Waals surface area contributed by atoms with Gasteiger partial charge in [0.15, 0.2) is 6.10 Å². The molecule has 0 bridgehead atoms. The first-order valence-corrected chi connectivity index (χ1v) is 10.5. The quantitative estimate of drug-likeness (QED) is 0.661. The van der Waals surface area contributed by atoms with E-state index in [0.717, 1.165) is 5.69 Å². The van der Waals surface area contributed by atoms with E-state index in [2.05, 4.69) is 0 Å². The summed E-state index contributed by atoms with van der Waals surface area (Å²) in [5.41, 5.74) is 1.17. The Morgan fingerprint density at radius 1 is 1.06 bits per heavy atom. The molecule has 0 radical (unpaired) electrons. The van der Waals surface area contributed by atoms with E-state index in [1.807, 2.05) is 37.3 Å². The number of anilines is 1. The SMILES string of the molecule is CCN(C(=O)[C@H](C)OC(=O)C1CCN(C(=O)c2ccc(F)cc2)CC1)c1ccccc1. The van der Waals surface area contributed by atoms with Gasteiger partial charge in [-0.3, -0.25) is 14.4 Å². The van der Waals surface area contributed by atoms with Crippen molar-refractivity contribution in [2.24, 2.45) is 5.92 Å². The van der Waals surface area contributed by atoms with Gasteiger partial charge in [-0.1, -0.05) is 18.2 Å². The van der Waals surface area contributed by atoms with Gasteiger partial charge in [-0.25, -0.2) is 4.39 Å². The van der Waals surface area contributed by atoms with Gasteiger partial charge in [-0.15, -0.1) is 0 Å². The Labute approximate surface area is 181 Å². The van der Waals surface area contributed by atoms with Gasteiger partial charge in [0.05, 0.1) is 5.92 Å². The molecule has 7 heteroatoms. The van der Waals surface area contributed by atoms with Crippen LogP contribution in [0.3, 0.4) is 0 Å². The van der Waals surface area contributed by atoms with Gasteiger partial charge < -0.3 is 14.5 Å². The second-order valence-electron chi connectivity index (χ2n) is 7.57. The van der Waals surface area contributed by atoms with Crippen LogP contribution in [0.4, 0.5) is 10.1 Å².